The van der Waals surface area contributed by atoms with E-state index in [9.17, 15) is 9.59 Å². The zero-order valence-electron chi connectivity index (χ0n) is 15.1. The van der Waals surface area contributed by atoms with Crippen molar-refractivity contribution in [3.8, 4) is 0 Å². The topological polar surface area (TPSA) is 84.0 Å². The highest BCUT2D eigenvalue weighted by Gasteiger charge is 2.14. The van der Waals surface area contributed by atoms with Crippen LogP contribution >= 0.6 is 11.3 Å². The molecule has 0 saturated carbocycles. The van der Waals surface area contributed by atoms with Gasteiger partial charge in [-0.3, -0.25) is 9.59 Å². The Kier molecular flexibility index (Phi) is 5.93. The lowest BCUT2D eigenvalue weighted by molar-refractivity contribution is 0.0939. The van der Waals surface area contributed by atoms with E-state index in [1.165, 1.54) is 11.3 Å². The molecule has 27 heavy (non-hydrogen) atoms. The van der Waals surface area contributed by atoms with Gasteiger partial charge in [0.15, 0.2) is 0 Å². The normalized spacial score (nSPS) is 11.6. The molecular formula is C20H20N4O2S. The molecule has 0 aliphatic carbocycles. The van der Waals surface area contributed by atoms with Crippen molar-refractivity contribution in [2.24, 2.45) is 0 Å². The van der Waals surface area contributed by atoms with Gasteiger partial charge in [0.25, 0.3) is 11.8 Å². The highest BCUT2D eigenvalue weighted by molar-refractivity contribution is 7.13. The molecule has 0 spiro atoms. The molecule has 0 bridgehead atoms. The lowest BCUT2D eigenvalue weighted by Crippen LogP contribution is -2.26. The molecule has 1 heterocycles. The molecule has 138 valence electrons. The Balaban J connectivity index is 1.61. The Morgan fingerprint density at radius 3 is 2.33 bits per heavy atom. The van der Waals surface area contributed by atoms with Crippen LogP contribution in [0, 0.1) is 0 Å². The second-order valence-electron chi connectivity index (χ2n) is 5.99. The summed E-state index contributed by atoms with van der Waals surface area (Å²) >= 11 is 1.27. The summed E-state index contributed by atoms with van der Waals surface area (Å²) in [5.41, 5.74) is 2.17. The van der Waals surface area contributed by atoms with Crippen LogP contribution in [-0.4, -0.2) is 22.0 Å². The van der Waals surface area contributed by atoms with E-state index in [-0.39, 0.29) is 17.9 Å². The van der Waals surface area contributed by atoms with Crippen LogP contribution in [0.2, 0.25) is 0 Å². The average Bonchev–Trinajstić information content (AvgIpc) is 3.18. The maximum absolute atomic E-state index is 12.4. The summed E-state index contributed by atoms with van der Waals surface area (Å²) in [6.07, 6.45) is 0.746. The van der Waals surface area contributed by atoms with Gasteiger partial charge in [-0.15, -0.1) is 10.2 Å². The Morgan fingerprint density at radius 2 is 1.70 bits per heavy atom. The van der Waals surface area contributed by atoms with Crippen molar-refractivity contribution in [1.29, 1.82) is 0 Å². The van der Waals surface area contributed by atoms with E-state index in [1.807, 2.05) is 44.2 Å². The Bertz CT molecular complexity index is 923. The molecule has 2 N–H and O–H groups in total. The second kappa shape index (κ2) is 8.55. The lowest BCUT2D eigenvalue weighted by atomic mass is 10.1. The van der Waals surface area contributed by atoms with Gasteiger partial charge in [0, 0.05) is 11.3 Å². The number of nitrogens with zero attached hydrogens (tertiary/aromatic N) is 2. The summed E-state index contributed by atoms with van der Waals surface area (Å²) in [7, 11) is 0. The van der Waals surface area contributed by atoms with Crippen LogP contribution in [0.25, 0.3) is 0 Å². The van der Waals surface area contributed by atoms with Crippen LogP contribution in [0.4, 0.5) is 5.69 Å². The third-order valence-electron chi connectivity index (χ3n) is 4.02. The van der Waals surface area contributed by atoms with E-state index >= 15 is 0 Å². The Morgan fingerprint density at radius 1 is 1.00 bits per heavy atom. The van der Waals surface area contributed by atoms with Gasteiger partial charge in [0.1, 0.15) is 5.01 Å². The Hall–Kier alpha value is -3.06. The maximum Gasteiger partial charge on any atom is 0.286 e. The van der Waals surface area contributed by atoms with Crippen LogP contribution in [0.5, 0.6) is 0 Å². The number of carbonyl (C=O) groups excluding carboxylic acids is 2. The molecule has 2 amide bonds. The molecule has 2 aromatic carbocycles. The standard InChI is InChI=1S/C20H20N4O2S/c1-3-17-23-24-20(27-17)19(26)22-16-11-9-15(10-12-16)18(25)21-13(2)14-7-5-4-6-8-14/h4-13H,3H2,1-2H3,(H,21,25)(H,22,26)/t13-/m1/s1. The molecule has 0 aliphatic rings. The fourth-order valence-electron chi connectivity index (χ4n) is 2.48. The number of aryl methyl sites for hydroxylation is 1. The van der Waals surface area contributed by atoms with Gasteiger partial charge in [0.2, 0.25) is 5.01 Å². The van der Waals surface area contributed by atoms with E-state index in [0.717, 1.165) is 17.0 Å². The van der Waals surface area contributed by atoms with Crippen molar-refractivity contribution in [2.45, 2.75) is 26.3 Å². The van der Waals surface area contributed by atoms with Gasteiger partial charge in [0.05, 0.1) is 6.04 Å². The number of aromatic nitrogens is 2. The molecule has 6 nitrogen and oxygen atoms in total. The van der Waals surface area contributed by atoms with Gasteiger partial charge in [-0.2, -0.15) is 0 Å². The summed E-state index contributed by atoms with van der Waals surface area (Å²) in [5, 5.41) is 14.7. The number of rotatable bonds is 6. The zero-order chi connectivity index (χ0) is 19.2. The molecule has 0 unspecified atom stereocenters. The molecule has 3 aromatic rings. The Labute approximate surface area is 161 Å². The van der Waals surface area contributed by atoms with Crippen LogP contribution in [0.3, 0.4) is 0 Å². The number of anilines is 1. The summed E-state index contributed by atoms with van der Waals surface area (Å²) in [6, 6.07) is 16.4. The lowest BCUT2D eigenvalue weighted by Gasteiger charge is -2.14. The molecular weight excluding hydrogens is 360 g/mol. The minimum atomic E-state index is -0.304. The van der Waals surface area contributed by atoms with E-state index in [4.69, 9.17) is 0 Å². The number of amides is 2. The van der Waals surface area contributed by atoms with Gasteiger partial charge in [-0.25, -0.2) is 0 Å². The molecule has 1 atom stereocenters. The first-order valence-corrected chi connectivity index (χ1v) is 9.48. The number of nitrogens with one attached hydrogen (secondary N) is 2. The first kappa shape index (κ1) is 18.7. The van der Waals surface area contributed by atoms with Crippen LogP contribution in [0.15, 0.2) is 54.6 Å². The van der Waals surface area contributed by atoms with E-state index in [1.54, 1.807) is 24.3 Å². The summed E-state index contributed by atoms with van der Waals surface area (Å²) in [5.74, 6) is -0.469. The summed E-state index contributed by atoms with van der Waals surface area (Å²) < 4.78 is 0. The predicted octanol–water partition coefficient (Wildman–Crippen LogP) is 3.84. The molecule has 0 radical (unpaired) electrons. The van der Waals surface area contributed by atoms with Gasteiger partial charge < -0.3 is 10.6 Å². The highest BCUT2D eigenvalue weighted by atomic mass is 32.1. The molecule has 0 fully saturated rings. The number of hydrogen-bond donors (Lipinski definition) is 2. The minimum absolute atomic E-state index is 0.0942. The smallest absolute Gasteiger partial charge is 0.286 e. The van der Waals surface area contributed by atoms with Gasteiger partial charge >= 0.3 is 0 Å². The fourth-order valence-corrected chi connectivity index (χ4v) is 3.16. The van der Waals surface area contributed by atoms with Crippen molar-refractivity contribution in [1.82, 2.24) is 15.5 Å². The van der Waals surface area contributed by atoms with Crippen molar-refractivity contribution >= 4 is 28.8 Å². The minimum Gasteiger partial charge on any atom is -0.346 e. The van der Waals surface area contributed by atoms with Crippen LogP contribution < -0.4 is 10.6 Å². The van der Waals surface area contributed by atoms with Crippen LogP contribution in [0.1, 0.15) is 50.6 Å². The molecule has 0 saturated heterocycles. The van der Waals surface area contributed by atoms with Gasteiger partial charge in [-0.1, -0.05) is 48.6 Å². The third kappa shape index (κ3) is 4.77. The molecule has 1 aromatic heterocycles. The highest BCUT2D eigenvalue weighted by Crippen LogP contribution is 2.16. The van der Waals surface area contributed by atoms with Gasteiger partial charge in [-0.05, 0) is 43.2 Å². The SMILES string of the molecule is CCc1nnc(C(=O)Nc2ccc(C(=O)N[C@H](C)c3ccccc3)cc2)s1. The number of carbonyl (C=O) groups is 2. The summed E-state index contributed by atoms with van der Waals surface area (Å²) in [4.78, 5) is 24.6. The molecule has 7 heteroatoms. The van der Waals surface area contributed by atoms with E-state index < -0.39 is 0 Å². The van der Waals surface area contributed by atoms with E-state index in [2.05, 4.69) is 20.8 Å². The molecule has 0 aliphatic heterocycles. The first-order chi connectivity index (χ1) is 13.1. The molecule has 3 rings (SSSR count). The largest absolute Gasteiger partial charge is 0.346 e. The number of benzene rings is 2. The predicted molar refractivity (Wildman–Crippen MR) is 106 cm³/mol. The van der Waals surface area contributed by atoms with Crippen molar-refractivity contribution in [2.75, 3.05) is 5.32 Å². The van der Waals surface area contributed by atoms with Crippen molar-refractivity contribution < 1.29 is 9.59 Å². The second-order valence-corrected chi connectivity index (χ2v) is 7.05. The van der Waals surface area contributed by atoms with E-state index in [0.29, 0.717) is 16.3 Å². The monoisotopic (exact) mass is 380 g/mol. The quantitative estimate of drug-likeness (QED) is 0.680. The average molecular weight is 380 g/mol. The maximum atomic E-state index is 12.4. The summed E-state index contributed by atoms with van der Waals surface area (Å²) in [6.45, 7) is 3.90. The zero-order valence-corrected chi connectivity index (χ0v) is 15.9. The third-order valence-corrected chi connectivity index (χ3v) is 5.08. The fraction of sp³-hybridized carbons (Fsp3) is 0.200. The number of hydrogen-bond acceptors (Lipinski definition) is 5. The van der Waals surface area contributed by atoms with Crippen LogP contribution in [-0.2, 0) is 6.42 Å². The van der Waals surface area contributed by atoms with Crippen molar-refractivity contribution in [3.05, 3.63) is 75.7 Å². The van der Waals surface area contributed by atoms with Crippen molar-refractivity contribution in [3.63, 3.8) is 0 Å². The first-order valence-electron chi connectivity index (χ1n) is 8.66.